The van der Waals surface area contributed by atoms with Crippen LogP contribution in [0.25, 0.3) is 5.70 Å². The monoisotopic (exact) mass is 361 g/mol. The maximum atomic E-state index is 11.7. The first-order valence-electron chi connectivity index (χ1n) is 8.35. The second-order valence-corrected chi connectivity index (χ2v) is 5.97. The van der Waals surface area contributed by atoms with E-state index in [-0.39, 0.29) is 0 Å². The van der Waals surface area contributed by atoms with Gasteiger partial charge in [0.15, 0.2) is 5.84 Å². The van der Waals surface area contributed by atoms with Gasteiger partial charge in [-0.15, -0.1) is 0 Å². The van der Waals surface area contributed by atoms with Crippen LogP contribution in [0.1, 0.15) is 11.1 Å². The topological polar surface area (TPSA) is 77.6 Å². The lowest BCUT2D eigenvalue weighted by atomic mass is 10.1. The number of hydrogen-bond donors (Lipinski definition) is 0. The molecule has 2 aromatic carbocycles. The smallest absolute Gasteiger partial charge is 0.371 e. The van der Waals surface area contributed by atoms with Gasteiger partial charge in [-0.2, -0.15) is 10.3 Å². The molecule has 2 amide bonds. The summed E-state index contributed by atoms with van der Waals surface area (Å²) >= 11 is 0. The normalized spacial score (nSPS) is 15.4. The summed E-state index contributed by atoms with van der Waals surface area (Å²) in [6.07, 6.45) is 1.69. The first-order chi connectivity index (χ1) is 13.2. The number of amidine groups is 2. The van der Waals surface area contributed by atoms with Crippen LogP contribution in [0.15, 0.2) is 64.7 Å². The molecule has 0 aliphatic carbocycles. The number of rotatable bonds is 5. The lowest BCUT2D eigenvalue weighted by Gasteiger charge is -2.29. The van der Waals surface area contributed by atoms with Crippen molar-refractivity contribution >= 4 is 23.4 Å². The highest BCUT2D eigenvalue weighted by Crippen LogP contribution is 2.32. The van der Waals surface area contributed by atoms with Gasteiger partial charge in [0.1, 0.15) is 11.5 Å². The number of aliphatic imine (C=N–C) groups is 2. The summed E-state index contributed by atoms with van der Waals surface area (Å²) in [5.41, 5.74) is 2.69. The summed E-state index contributed by atoms with van der Waals surface area (Å²) in [6, 6.07) is 15.0. The van der Waals surface area contributed by atoms with Crippen molar-refractivity contribution in [3.8, 4) is 11.5 Å². The maximum Gasteiger partial charge on any atom is 0.371 e. The number of carbonyl (C=O) groups excluding carboxylic acids is 1. The van der Waals surface area contributed by atoms with E-state index in [1.165, 1.54) is 0 Å². The van der Waals surface area contributed by atoms with E-state index < -0.39 is 6.03 Å². The first kappa shape index (κ1) is 16.8. The number of nitrogens with zero attached hydrogens (tertiary/aromatic N) is 4. The highest BCUT2D eigenvalue weighted by Gasteiger charge is 2.33. The van der Waals surface area contributed by atoms with Gasteiger partial charge in [-0.1, -0.05) is 30.3 Å². The molecule has 0 saturated carbocycles. The van der Waals surface area contributed by atoms with Crippen molar-refractivity contribution in [2.45, 2.75) is 6.54 Å². The third kappa shape index (κ3) is 3.27. The second-order valence-electron chi connectivity index (χ2n) is 5.97. The summed E-state index contributed by atoms with van der Waals surface area (Å²) in [7, 11) is 3.20. The molecule has 4 rings (SSSR count). The Morgan fingerprint density at radius 3 is 2.37 bits per heavy atom. The van der Waals surface area contributed by atoms with Crippen molar-refractivity contribution in [2.24, 2.45) is 9.98 Å². The summed E-state index contributed by atoms with van der Waals surface area (Å²) in [5, 5.41) is 3.87. The van der Waals surface area contributed by atoms with Crippen molar-refractivity contribution in [3.63, 3.8) is 0 Å². The van der Waals surface area contributed by atoms with Crippen LogP contribution in [0, 0.1) is 0 Å². The molecule has 0 aromatic heterocycles. The van der Waals surface area contributed by atoms with Crippen LogP contribution in [0.3, 0.4) is 0 Å². The molecule has 0 bridgehead atoms. The third-order valence-electron chi connectivity index (χ3n) is 4.29. The number of urea groups is 1. The van der Waals surface area contributed by atoms with Crippen molar-refractivity contribution in [2.75, 3.05) is 14.2 Å². The van der Waals surface area contributed by atoms with E-state index in [4.69, 9.17) is 9.47 Å². The molecule has 0 spiro atoms. The molecular weight excluding hydrogens is 344 g/mol. The molecule has 7 nitrogen and oxygen atoms in total. The zero-order valence-electron chi connectivity index (χ0n) is 14.9. The van der Waals surface area contributed by atoms with E-state index in [0.29, 0.717) is 29.7 Å². The molecule has 2 aliphatic rings. The lowest BCUT2D eigenvalue weighted by Crippen LogP contribution is -2.37. The Hall–Kier alpha value is -3.61. The molecule has 0 unspecified atom stereocenters. The average Bonchev–Trinajstić information content (AvgIpc) is 3.09. The molecular formula is C20H17N4O3. The Balaban J connectivity index is 1.80. The molecule has 7 heteroatoms. The Morgan fingerprint density at radius 2 is 1.70 bits per heavy atom. The number of methoxy groups -OCH3 is 2. The third-order valence-corrected chi connectivity index (χ3v) is 4.29. The Kier molecular flexibility index (Phi) is 4.33. The van der Waals surface area contributed by atoms with Crippen LogP contribution in [-0.4, -0.2) is 36.8 Å². The first-order valence-corrected chi connectivity index (χ1v) is 8.35. The summed E-state index contributed by atoms with van der Waals surface area (Å²) in [6.45, 7) is 0.521. The van der Waals surface area contributed by atoms with Gasteiger partial charge in [0.2, 0.25) is 5.84 Å². The van der Waals surface area contributed by atoms with Crippen molar-refractivity contribution in [1.29, 1.82) is 0 Å². The zero-order valence-corrected chi connectivity index (χ0v) is 14.9. The Morgan fingerprint density at radius 1 is 1.00 bits per heavy atom. The van der Waals surface area contributed by atoms with Gasteiger partial charge < -0.3 is 14.4 Å². The van der Waals surface area contributed by atoms with Crippen LogP contribution in [0.2, 0.25) is 0 Å². The second kappa shape index (κ2) is 6.95. The molecule has 0 atom stereocenters. The van der Waals surface area contributed by atoms with Crippen molar-refractivity contribution in [1.82, 2.24) is 10.2 Å². The summed E-state index contributed by atoms with van der Waals surface area (Å²) in [4.78, 5) is 22.0. The van der Waals surface area contributed by atoms with E-state index in [1.807, 2.05) is 47.4 Å². The molecule has 2 aliphatic heterocycles. The minimum Gasteiger partial charge on any atom is -0.497 e. The molecule has 2 heterocycles. The van der Waals surface area contributed by atoms with Gasteiger partial charge in [0.05, 0.1) is 26.1 Å². The average molecular weight is 361 g/mol. The van der Waals surface area contributed by atoms with E-state index in [2.05, 4.69) is 15.3 Å². The van der Waals surface area contributed by atoms with Gasteiger partial charge in [0.25, 0.3) is 0 Å². The number of fused-ring (bicyclic) bond motifs is 1. The number of benzene rings is 2. The van der Waals surface area contributed by atoms with E-state index >= 15 is 0 Å². The molecule has 0 fully saturated rings. The number of ether oxygens (including phenoxy) is 2. The van der Waals surface area contributed by atoms with E-state index in [1.54, 1.807) is 26.5 Å². The predicted octanol–water partition coefficient (Wildman–Crippen LogP) is 3.05. The Bertz CT molecular complexity index is 958. The fourth-order valence-corrected chi connectivity index (χ4v) is 2.99. The van der Waals surface area contributed by atoms with Crippen LogP contribution in [-0.2, 0) is 6.54 Å². The SMILES string of the molecule is COc1cc(OC)cc(C2=CN=C3[N]C(=O)N=C3N2Cc2ccccc2)c1. The van der Waals surface area contributed by atoms with Crippen molar-refractivity contribution < 1.29 is 14.3 Å². The molecule has 27 heavy (non-hydrogen) atoms. The van der Waals surface area contributed by atoms with Gasteiger partial charge >= 0.3 is 6.03 Å². The van der Waals surface area contributed by atoms with Crippen LogP contribution >= 0.6 is 0 Å². The predicted molar refractivity (Wildman–Crippen MR) is 102 cm³/mol. The number of carbonyl (C=O) groups is 1. The summed E-state index contributed by atoms with van der Waals surface area (Å²) < 4.78 is 10.8. The van der Waals surface area contributed by atoms with Crippen LogP contribution in [0.5, 0.6) is 11.5 Å². The zero-order chi connectivity index (χ0) is 18.8. The van der Waals surface area contributed by atoms with Gasteiger partial charge in [-0.25, -0.2) is 9.79 Å². The lowest BCUT2D eigenvalue weighted by molar-refractivity contribution is 0.253. The minimum atomic E-state index is -0.542. The molecule has 2 aromatic rings. The molecule has 0 N–H and O–H groups in total. The minimum absolute atomic E-state index is 0.328. The Labute approximate surface area is 156 Å². The standard InChI is InChI=1S/C20H17N4O3/c1-26-15-8-14(9-16(10-15)27-2)17-11-21-18-19(23-20(25)22-18)24(17)12-13-6-4-3-5-7-13/h3-11H,12H2,1-2H3. The molecule has 1 radical (unpaired) electrons. The van der Waals surface area contributed by atoms with E-state index in [9.17, 15) is 4.79 Å². The fraction of sp³-hybridized carbons (Fsp3) is 0.150. The van der Waals surface area contributed by atoms with Gasteiger partial charge in [0, 0.05) is 18.2 Å². The number of hydrogen-bond acceptors (Lipinski definition) is 5. The van der Waals surface area contributed by atoms with Crippen LogP contribution < -0.4 is 14.8 Å². The maximum absolute atomic E-state index is 11.7. The van der Waals surface area contributed by atoms with Gasteiger partial charge in [-0.05, 0) is 17.7 Å². The van der Waals surface area contributed by atoms with Crippen LogP contribution in [0.4, 0.5) is 4.79 Å². The van der Waals surface area contributed by atoms with Crippen molar-refractivity contribution in [3.05, 3.63) is 65.9 Å². The highest BCUT2D eigenvalue weighted by atomic mass is 16.5. The largest absolute Gasteiger partial charge is 0.497 e. The highest BCUT2D eigenvalue weighted by molar-refractivity contribution is 6.49. The quantitative estimate of drug-likeness (QED) is 0.820. The fourth-order valence-electron chi connectivity index (χ4n) is 2.99. The molecule has 0 saturated heterocycles. The van der Waals surface area contributed by atoms with E-state index in [0.717, 1.165) is 16.8 Å². The summed E-state index contributed by atoms with van der Waals surface area (Å²) in [5.74, 6) is 2.10. The van der Waals surface area contributed by atoms with Gasteiger partial charge in [-0.3, -0.25) is 0 Å². The molecule has 135 valence electrons. The number of amides is 2.